The Morgan fingerprint density at radius 2 is 1.94 bits per heavy atom. The maximum absolute atomic E-state index is 13.0. The number of likely N-dealkylation sites (tertiary alicyclic amines) is 1. The highest BCUT2D eigenvalue weighted by Gasteiger charge is 2.29. The average Bonchev–Trinajstić information content (AvgIpc) is 3.17. The summed E-state index contributed by atoms with van der Waals surface area (Å²) in [5.41, 5.74) is 1.67. The molecule has 2 aromatic rings. The van der Waals surface area contributed by atoms with Crippen molar-refractivity contribution in [3.8, 4) is 23.0 Å². The first-order chi connectivity index (χ1) is 16.0. The lowest BCUT2D eigenvalue weighted by molar-refractivity contribution is -0.126. The van der Waals surface area contributed by atoms with Gasteiger partial charge in [0.05, 0.1) is 25.9 Å². The molecule has 0 radical (unpaired) electrons. The van der Waals surface area contributed by atoms with Crippen LogP contribution >= 0.6 is 0 Å². The van der Waals surface area contributed by atoms with Gasteiger partial charge in [0.25, 0.3) is 0 Å². The minimum atomic E-state index is -2.94. The van der Waals surface area contributed by atoms with Crippen molar-refractivity contribution >= 4 is 12.0 Å². The van der Waals surface area contributed by atoms with Gasteiger partial charge in [-0.15, -0.1) is 0 Å². The van der Waals surface area contributed by atoms with Crippen molar-refractivity contribution in [2.75, 3.05) is 26.4 Å². The zero-order chi connectivity index (χ0) is 23.2. The molecule has 6 nitrogen and oxygen atoms in total. The average molecular weight is 459 g/mol. The van der Waals surface area contributed by atoms with Gasteiger partial charge in [-0.3, -0.25) is 4.79 Å². The highest BCUT2D eigenvalue weighted by atomic mass is 19.3. The van der Waals surface area contributed by atoms with Crippen LogP contribution in [0.25, 0.3) is 6.08 Å². The summed E-state index contributed by atoms with van der Waals surface area (Å²) >= 11 is 0. The summed E-state index contributed by atoms with van der Waals surface area (Å²) in [4.78, 5) is 14.8. The van der Waals surface area contributed by atoms with E-state index in [2.05, 4.69) is 4.74 Å². The van der Waals surface area contributed by atoms with Crippen molar-refractivity contribution in [2.45, 2.75) is 38.8 Å². The minimum Gasteiger partial charge on any atom is -0.490 e. The van der Waals surface area contributed by atoms with E-state index >= 15 is 0 Å². The molecule has 1 unspecified atom stereocenters. The van der Waals surface area contributed by atoms with E-state index in [1.165, 1.54) is 12.1 Å². The standard InChI is InChI=1S/C25H27F2NO5/c1-2-30-22-15-17(6-9-21(22)33-25(26)27)7-11-24(29)28-12-3-5-19(28)18-8-10-20-23(16-18)32-14-4-13-31-20/h6-11,15-16,19,25H,2-5,12-14H2,1H3/b11-7+. The molecule has 1 amide bonds. The molecule has 0 bridgehead atoms. The molecule has 4 rings (SSSR count). The molecule has 0 aromatic heterocycles. The number of rotatable bonds is 7. The Morgan fingerprint density at radius 1 is 1.12 bits per heavy atom. The number of fused-ring (bicyclic) bond motifs is 1. The van der Waals surface area contributed by atoms with Gasteiger partial charge in [-0.1, -0.05) is 12.1 Å². The zero-order valence-electron chi connectivity index (χ0n) is 18.5. The summed E-state index contributed by atoms with van der Waals surface area (Å²) in [5.74, 6) is 1.50. The van der Waals surface area contributed by atoms with Crippen LogP contribution in [0.5, 0.6) is 23.0 Å². The first kappa shape index (κ1) is 22.9. The third-order valence-electron chi connectivity index (χ3n) is 5.59. The number of nitrogens with zero attached hydrogens (tertiary/aromatic N) is 1. The van der Waals surface area contributed by atoms with Crippen LogP contribution in [0.4, 0.5) is 8.78 Å². The maximum Gasteiger partial charge on any atom is 0.387 e. The van der Waals surface area contributed by atoms with Crippen LogP contribution in [0.3, 0.4) is 0 Å². The summed E-state index contributed by atoms with van der Waals surface area (Å²) in [7, 11) is 0. The van der Waals surface area contributed by atoms with Gasteiger partial charge in [0.15, 0.2) is 23.0 Å². The van der Waals surface area contributed by atoms with Gasteiger partial charge < -0.3 is 23.8 Å². The lowest BCUT2D eigenvalue weighted by Gasteiger charge is -2.24. The highest BCUT2D eigenvalue weighted by molar-refractivity contribution is 5.92. The van der Waals surface area contributed by atoms with E-state index in [-0.39, 0.29) is 23.4 Å². The number of halogens is 2. The topological polar surface area (TPSA) is 57.2 Å². The summed E-state index contributed by atoms with van der Waals surface area (Å²) in [5, 5.41) is 0. The van der Waals surface area contributed by atoms with Crippen LogP contribution in [-0.2, 0) is 4.79 Å². The first-order valence-electron chi connectivity index (χ1n) is 11.1. The minimum absolute atomic E-state index is 0.0376. The lowest BCUT2D eigenvalue weighted by Crippen LogP contribution is -2.28. The molecular formula is C25H27F2NO5. The lowest BCUT2D eigenvalue weighted by atomic mass is 10.0. The number of hydrogen-bond donors (Lipinski definition) is 0. The van der Waals surface area contributed by atoms with Crippen LogP contribution in [0.15, 0.2) is 42.5 Å². The van der Waals surface area contributed by atoms with E-state index < -0.39 is 6.61 Å². The molecule has 0 aliphatic carbocycles. The second kappa shape index (κ2) is 10.6. The molecule has 8 heteroatoms. The Kier molecular flexibility index (Phi) is 7.32. The third-order valence-corrected chi connectivity index (χ3v) is 5.59. The van der Waals surface area contributed by atoms with Gasteiger partial charge in [-0.2, -0.15) is 8.78 Å². The highest BCUT2D eigenvalue weighted by Crippen LogP contribution is 2.38. The van der Waals surface area contributed by atoms with Crippen LogP contribution in [-0.4, -0.2) is 43.8 Å². The monoisotopic (exact) mass is 459 g/mol. The van der Waals surface area contributed by atoms with Crippen molar-refractivity contribution in [3.05, 3.63) is 53.6 Å². The summed E-state index contributed by atoms with van der Waals surface area (Å²) in [6.07, 6.45) is 5.77. The molecule has 176 valence electrons. The SMILES string of the molecule is CCOc1cc(/C=C/C(=O)N2CCCC2c2ccc3c(c2)OCCCO3)ccc1OC(F)F. The predicted octanol–water partition coefficient (Wildman–Crippen LogP) is 5.22. The number of benzene rings is 2. The largest absolute Gasteiger partial charge is 0.490 e. The Morgan fingerprint density at radius 3 is 2.73 bits per heavy atom. The molecular weight excluding hydrogens is 432 g/mol. The van der Waals surface area contributed by atoms with Crippen molar-refractivity contribution < 1.29 is 32.5 Å². The number of alkyl halides is 2. The summed E-state index contributed by atoms with van der Waals surface area (Å²) in [6.45, 7) is 1.02. The van der Waals surface area contributed by atoms with Gasteiger partial charge in [-0.25, -0.2) is 0 Å². The molecule has 2 heterocycles. The van der Waals surface area contributed by atoms with Gasteiger partial charge in [0.2, 0.25) is 5.91 Å². The summed E-state index contributed by atoms with van der Waals surface area (Å²) in [6, 6.07) is 10.4. The van der Waals surface area contributed by atoms with E-state index in [0.717, 1.165) is 36.3 Å². The van der Waals surface area contributed by atoms with E-state index in [4.69, 9.17) is 14.2 Å². The van der Waals surface area contributed by atoms with Crippen LogP contribution in [0.1, 0.15) is 43.4 Å². The fourth-order valence-corrected chi connectivity index (χ4v) is 4.12. The normalized spacial score (nSPS) is 17.9. The number of hydrogen-bond acceptors (Lipinski definition) is 5. The van der Waals surface area contributed by atoms with Gasteiger partial charge >= 0.3 is 6.61 Å². The van der Waals surface area contributed by atoms with Crippen molar-refractivity contribution in [3.63, 3.8) is 0 Å². The fourth-order valence-electron chi connectivity index (χ4n) is 4.12. The van der Waals surface area contributed by atoms with Gasteiger partial charge in [-0.05, 0) is 61.2 Å². The Hall–Kier alpha value is -3.29. The molecule has 1 fully saturated rings. The fraction of sp³-hybridized carbons (Fsp3) is 0.400. The molecule has 2 aliphatic rings. The predicted molar refractivity (Wildman–Crippen MR) is 119 cm³/mol. The molecule has 2 aromatic carbocycles. The van der Waals surface area contributed by atoms with Crippen molar-refractivity contribution in [1.29, 1.82) is 0 Å². The van der Waals surface area contributed by atoms with E-state index in [9.17, 15) is 13.6 Å². The number of amides is 1. The smallest absolute Gasteiger partial charge is 0.387 e. The van der Waals surface area contributed by atoms with Gasteiger partial charge in [0, 0.05) is 19.0 Å². The number of carbonyl (C=O) groups excluding carboxylic acids is 1. The second-order valence-electron chi connectivity index (χ2n) is 7.80. The van der Waals surface area contributed by atoms with Crippen LogP contribution < -0.4 is 18.9 Å². The second-order valence-corrected chi connectivity index (χ2v) is 7.80. The van der Waals surface area contributed by atoms with Crippen molar-refractivity contribution in [1.82, 2.24) is 4.90 Å². The molecule has 0 spiro atoms. The Balaban J connectivity index is 1.48. The molecule has 2 aliphatic heterocycles. The van der Waals surface area contributed by atoms with E-state index in [1.807, 2.05) is 23.1 Å². The first-order valence-corrected chi connectivity index (χ1v) is 11.1. The molecule has 0 N–H and O–H groups in total. The maximum atomic E-state index is 13.0. The third kappa shape index (κ3) is 5.56. The van der Waals surface area contributed by atoms with Crippen LogP contribution in [0.2, 0.25) is 0 Å². The zero-order valence-corrected chi connectivity index (χ0v) is 18.5. The van der Waals surface area contributed by atoms with Gasteiger partial charge in [0.1, 0.15) is 0 Å². The van der Waals surface area contributed by atoms with Crippen molar-refractivity contribution in [2.24, 2.45) is 0 Å². The Bertz CT molecular complexity index is 1010. The molecule has 1 saturated heterocycles. The number of carbonyl (C=O) groups is 1. The molecule has 1 atom stereocenters. The quantitative estimate of drug-likeness (QED) is 0.531. The Labute approximate surface area is 191 Å². The molecule has 33 heavy (non-hydrogen) atoms. The molecule has 0 saturated carbocycles. The van der Waals surface area contributed by atoms with E-state index in [1.54, 1.807) is 25.1 Å². The number of ether oxygens (including phenoxy) is 4. The van der Waals surface area contributed by atoms with E-state index in [0.29, 0.717) is 31.9 Å². The summed E-state index contributed by atoms with van der Waals surface area (Å²) < 4.78 is 46.6. The van der Waals surface area contributed by atoms with Crippen LogP contribution in [0, 0.1) is 0 Å².